The van der Waals surface area contributed by atoms with Crippen LogP contribution in [0.4, 0.5) is 11.8 Å². The lowest BCUT2D eigenvalue weighted by Crippen LogP contribution is -2.42. The van der Waals surface area contributed by atoms with Crippen LogP contribution in [0.25, 0.3) is 0 Å². The van der Waals surface area contributed by atoms with Crippen molar-refractivity contribution in [3.63, 3.8) is 0 Å². The molecule has 0 saturated carbocycles. The number of anilines is 2. The highest BCUT2D eigenvalue weighted by molar-refractivity contribution is 6.32. The van der Waals surface area contributed by atoms with Gasteiger partial charge in [0.1, 0.15) is 17.6 Å². The van der Waals surface area contributed by atoms with Crippen LogP contribution in [-0.2, 0) is 4.79 Å². The van der Waals surface area contributed by atoms with Crippen LogP contribution in [0.1, 0.15) is 18.4 Å². The summed E-state index contributed by atoms with van der Waals surface area (Å²) in [6, 6.07) is 7.17. The molecule has 28 heavy (non-hydrogen) atoms. The molecule has 1 fully saturated rings. The fourth-order valence-corrected chi connectivity index (χ4v) is 3.33. The van der Waals surface area contributed by atoms with Gasteiger partial charge in [-0.25, -0.2) is 10.4 Å². The minimum atomic E-state index is -0.803. The summed E-state index contributed by atoms with van der Waals surface area (Å²) in [7, 11) is 0. The second-order valence-corrected chi connectivity index (χ2v) is 6.76. The Balaban J connectivity index is 1.46. The smallest absolute Gasteiger partial charge is 0.284 e. The van der Waals surface area contributed by atoms with Gasteiger partial charge >= 0.3 is 0 Å². The zero-order valence-electron chi connectivity index (χ0n) is 15.0. The first-order chi connectivity index (χ1) is 13.6. The number of hydrogen-bond donors (Lipinski definition) is 2. The molecule has 2 aromatic rings. The third-order valence-corrected chi connectivity index (χ3v) is 4.76. The number of benzene rings is 1. The van der Waals surface area contributed by atoms with Gasteiger partial charge in [0.25, 0.3) is 5.91 Å². The van der Waals surface area contributed by atoms with Crippen LogP contribution in [0.5, 0.6) is 11.5 Å². The number of nitrogen functional groups attached to an aromatic ring is 1. The summed E-state index contributed by atoms with van der Waals surface area (Å²) in [5.41, 5.74) is 8.69. The third-order valence-electron chi connectivity index (χ3n) is 4.47. The molecule has 1 aromatic carbocycles. The summed E-state index contributed by atoms with van der Waals surface area (Å²) in [4.78, 5) is 22.7. The fourth-order valence-electron chi connectivity index (χ4n) is 3.11. The molecule has 0 aliphatic carbocycles. The van der Waals surface area contributed by atoms with E-state index in [2.05, 4.69) is 25.4 Å². The highest BCUT2D eigenvalue weighted by Gasteiger charge is 2.27. The molecule has 10 heteroatoms. The van der Waals surface area contributed by atoms with Crippen molar-refractivity contribution in [1.82, 2.24) is 15.4 Å². The Kier molecular flexibility index (Phi) is 5.16. The zero-order valence-corrected chi connectivity index (χ0v) is 15.7. The molecule has 1 amide bonds. The quantitative estimate of drug-likeness (QED) is 0.453. The van der Waals surface area contributed by atoms with Crippen LogP contribution < -0.4 is 25.5 Å². The van der Waals surface area contributed by atoms with Crippen LogP contribution in [-0.4, -0.2) is 47.9 Å². The van der Waals surface area contributed by atoms with Crippen molar-refractivity contribution in [2.24, 2.45) is 5.10 Å². The Hall–Kier alpha value is -3.07. The van der Waals surface area contributed by atoms with Crippen LogP contribution in [0, 0.1) is 0 Å². The lowest BCUT2D eigenvalue weighted by atomic mass is 10.2. The second-order valence-electron chi connectivity index (χ2n) is 6.40. The van der Waals surface area contributed by atoms with Gasteiger partial charge in [-0.2, -0.15) is 10.1 Å². The number of nitrogens with zero attached hydrogens (tertiary/aromatic N) is 4. The van der Waals surface area contributed by atoms with E-state index in [-0.39, 0.29) is 17.7 Å². The number of nitrogens with two attached hydrogens (primary N) is 1. The van der Waals surface area contributed by atoms with E-state index in [0.717, 1.165) is 25.9 Å². The van der Waals surface area contributed by atoms with Crippen molar-refractivity contribution < 1.29 is 14.3 Å². The van der Waals surface area contributed by atoms with E-state index in [1.54, 1.807) is 12.1 Å². The third kappa shape index (κ3) is 3.79. The van der Waals surface area contributed by atoms with Crippen LogP contribution in [0.15, 0.2) is 29.4 Å². The van der Waals surface area contributed by atoms with Gasteiger partial charge in [0, 0.05) is 13.1 Å². The molecule has 0 spiro atoms. The van der Waals surface area contributed by atoms with Crippen LogP contribution >= 0.6 is 11.6 Å². The van der Waals surface area contributed by atoms with Crippen molar-refractivity contribution in [3.8, 4) is 11.5 Å². The number of fused-ring (bicyclic) bond motifs is 1. The molecule has 4 rings (SSSR count). The first-order valence-corrected chi connectivity index (χ1v) is 9.29. The lowest BCUT2D eigenvalue weighted by molar-refractivity contribution is -0.130. The standard InChI is InChI=1S/C18H19ClN6O3/c19-15-11(16(23-18(20)22-15)25-7-3-4-8-25)9-21-24-17(26)14-10-27-12-5-1-2-6-13(12)28-14/h1-2,5-6,9,14H,3-4,7-8,10H2,(H,24,26)(H2,20,22,23)/b21-9+. The van der Waals surface area contributed by atoms with Gasteiger partial charge in [-0.3, -0.25) is 4.79 Å². The van der Waals surface area contributed by atoms with Crippen molar-refractivity contribution in [2.45, 2.75) is 18.9 Å². The number of amides is 1. The molecule has 2 aliphatic heterocycles. The topological polar surface area (TPSA) is 115 Å². The number of hydrogen-bond acceptors (Lipinski definition) is 8. The van der Waals surface area contributed by atoms with E-state index >= 15 is 0 Å². The molecule has 3 N–H and O–H groups in total. The van der Waals surface area contributed by atoms with Gasteiger partial charge in [-0.1, -0.05) is 23.7 Å². The van der Waals surface area contributed by atoms with Gasteiger partial charge in [0.2, 0.25) is 12.1 Å². The van der Waals surface area contributed by atoms with Gasteiger partial charge in [0.15, 0.2) is 11.5 Å². The van der Waals surface area contributed by atoms with Gasteiger partial charge < -0.3 is 20.1 Å². The Morgan fingerprint density at radius 1 is 1.29 bits per heavy atom. The van der Waals surface area contributed by atoms with E-state index in [4.69, 9.17) is 26.8 Å². The number of carbonyl (C=O) groups is 1. The van der Waals surface area contributed by atoms with E-state index in [9.17, 15) is 4.79 Å². The van der Waals surface area contributed by atoms with E-state index in [0.29, 0.717) is 22.9 Å². The molecule has 146 valence electrons. The van der Waals surface area contributed by atoms with Gasteiger partial charge in [0.05, 0.1) is 11.8 Å². The number of para-hydroxylation sites is 2. The highest BCUT2D eigenvalue weighted by atomic mass is 35.5. The first-order valence-electron chi connectivity index (χ1n) is 8.91. The minimum absolute atomic E-state index is 0.0968. The summed E-state index contributed by atoms with van der Waals surface area (Å²) >= 11 is 6.23. The minimum Gasteiger partial charge on any atom is -0.485 e. The number of hydrazone groups is 1. The maximum absolute atomic E-state index is 12.4. The normalized spacial score (nSPS) is 18.5. The van der Waals surface area contributed by atoms with Crippen molar-refractivity contribution in [1.29, 1.82) is 0 Å². The Morgan fingerprint density at radius 3 is 2.82 bits per heavy atom. The second kappa shape index (κ2) is 7.89. The first kappa shape index (κ1) is 18.3. The molecular formula is C18H19ClN6O3. The highest BCUT2D eigenvalue weighted by Crippen LogP contribution is 2.31. The maximum Gasteiger partial charge on any atom is 0.284 e. The van der Waals surface area contributed by atoms with E-state index in [1.165, 1.54) is 6.21 Å². The predicted octanol–water partition coefficient (Wildman–Crippen LogP) is 1.60. The largest absolute Gasteiger partial charge is 0.485 e. The van der Waals surface area contributed by atoms with Crippen LogP contribution in [0.3, 0.4) is 0 Å². The molecule has 9 nitrogen and oxygen atoms in total. The van der Waals surface area contributed by atoms with Crippen molar-refractivity contribution in [3.05, 3.63) is 35.0 Å². The maximum atomic E-state index is 12.4. The van der Waals surface area contributed by atoms with Crippen molar-refractivity contribution >= 4 is 35.5 Å². The zero-order chi connectivity index (χ0) is 19.5. The predicted molar refractivity (Wildman–Crippen MR) is 105 cm³/mol. The molecule has 1 unspecified atom stereocenters. The Labute approximate surface area is 166 Å². The molecule has 2 aliphatic rings. The molecule has 3 heterocycles. The van der Waals surface area contributed by atoms with Gasteiger partial charge in [-0.05, 0) is 25.0 Å². The number of aromatic nitrogens is 2. The van der Waals surface area contributed by atoms with Crippen molar-refractivity contribution in [2.75, 3.05) is 30.3 Å². The molecule has 0 radical (unpaired) electrons. The number of ether oxygens (including phenoxy) is 2. The van der Waals surface area contributed by atoms with E-state index in [1.807, 2.05) is 12.1 Å². The Morgan fingerprint density at radius 2 is 2.04 bits per heavy atom. The van der Waals surface area contributed by atoms with Gasteiger partial charge in [-0.15, -0.1) is 0 Å². The summed E-state index contributed by atoms with van der Waals surface area (Å²) in [5, 5.41) is 4.18. The molecule has 0 bridgehead atoms. The average molecular weight is 403 g/mol. The molecule has 1 aromatic heterocycles. The fraction of sp³-hybridized carbons (Fsp3) is 0.333. The molecule has 1 atom stereocenters. The Bertz CT molecular complexity index is 916. The SMILES string of the molecule is Nc1nc(Cl)c(/C=N/NC(=O)C2COc3ccccc3O2)c(N2CCCC2)n1. The number of carbonyl (C=O) groups excluding carboxylic acids is 1. The summed E-state index contributed by atoms with van der Waals surface area (Å²) in [5.74, 6) is 1.40. The number of halogens is 1. The summed E-state index contributed by atoms with van der Waals surface area (Å²) < 4.78 is 11.2. The lowest BCUT2D eigenvalue weighted by Gasteiger charge is -2.24. The van der Waals surface area contributed by atoms with Crippen LogP contribution in [0.2, 0.25) is 5.15 Å². The molecule has 1 saturated heterocycles. The number of nitrogens with one attached hydrogen (secondary N) is 1. The number of rotatable bonds is 4. The summed E-state index contributed by atoms with van der Waals surface area (Å²) in [6.45, 7) is 1.81. The summed E-state index contributed by atoms with van der Waals surface area (Å²) in [6.07, 6.45) is 2.75. The monoisotopic (exact) mass is 402 g/mol. The van der Waals surface area contributed by atoms with E-state index < -0.39 is 12.0 Å². The average Bonchev–Trinajstić information content (AvgIpc) is 3.23. The molecular weight excluding hydrogens is 384 g/mol.